The first-order valence-corrected chi connectivity index (χ1v) is 5.66. The van der Waals surface area contributed by atoms with E-state index in [-0.39, 0.29) is 5.60 Å². The number of nitrogens with one attached hydrogen (secondary N) is 1. The van der Waals surface area contributed by atoms with Crippen LogP contribution in [0.3, 0.4) is 0 Å². The third-order valence-corrected chi connectivity index (χ3v) is 3.02. The predicted octanol–water partition coefficient (Wildman–Crippen LogP) is 0.705. The van der Waals surface area contributed by atoms with E-state index in [1.54, 1.807) is 0 Å². The Hall–Kier alpha value is -0.120. The Bertz CT molecular complexity index is 201. The third-order valence-electron chi connectivity index (χ3n) is 3.02. The predicted molar refractivity (Wildman–Crippen MR) is 57.4 cm³/mol. The normalized spacial score (nSPS) is 34.1. The van der Waals surface area contributed by atoms with E-state index in [0.29, 0.717) is 6.10 Å². The van der Waals surface area contributed by atoms with E-state index in [2.05, 4.69) is 31.0 Å². The molecule has 82 valence electrons. The molecule has 0 aromatic rings. The summed E-state index contributed by atoms with van der Waals surface area (Å²) in [5.74, 6) is 0.871. The zero-order chi connectivity index (χ0) is 10.2. The van der Waals surface area contributed by atoms with Crippen molar-refractivity contribution in [3.8, 4) is 0 Å². The van der Waals surface area contributed by atoms with Crippen LogP contribution in [0.15, 0.2) is 0 Å². The maximum Gasteiger partial charge on any atom is 0.0757 e. The standard InChI is InChI=1S/C11H22N2O/c1-9-6-13(7-10-4-12-5-10)8-11(2,3)14-9/h9-10,12H,4-8H2,1-3H3. The molecule has 0 aromatic carbocycles. The second-order valence-corrected chi connectivity index (χ2v) is 5.41. The van der Waals surface area contributed by atoms with Gasteiger partial charge in [0.15, 0.2) is 0 Å². The average molecular weight is 198 g/mol. The van der Waals surface area contributed by atoms with Gasteiger partial charge in [0.25, 0.3) is 0 Å². The van der Waals surface area contributed by atoms with Gasteiger partial charge in [-0.25, -0.2) is 0 Å². The maximum atomic E-state index is 5.88. The Kier molecular flexibility index (Phi) is 2.82. The smallest absolute Gasteiger partial charge is 0.0757 e. The third kappa shape index (κ3) is 2.47. The van der Waals surface area contributed by atoms with Gasteiger partial charge in [-0.05, 0) is 26.7 Å². The van der Waals surface area contributed by atoms with Crippen LogP contribution in [0.2, 0.25) is 0 Å². The molecule has 2 aliphatic rings. The highest BCUT2D eigenvalue weighted by Gasteiger charge is 2.32. The molecular weight excluding hydrogens is 176 g/mol. The molecule has 14 heavy (non-hydrogen) atoms. The Balaban J connectivity index is 1.85. The van der Waals surface area contributed by atoms with Gasteiger partial charge in [-0.2, -0.15) is 0 Å². The minimum Gasteiger partial charge on any atom is -0.370 e. The Morgan fingerprint density at radius 3 is 2.64 bits per heavy atom. The van der Waals surface area contributed by atoms with Crippen LogP contribution in [0.25, 0.3) is 0 Å². The summed E-state index contributed by atoms with van der Waals surface area (Å²) >= 11 is 0. The lowest BCUT2D eigenvalue weighted by Gasteiger charge is -2.44. The van der Waals surface area contributed by atoms with Crippen molar-refractivity contribution in [2.24, 2.45) is 5.92 Å². The fraction of sp³-hybridized carbons (Fsp3) is 1.00. The van der Waals surface area contributed by atoms with Gasteiger partial charge in [0.1, 0.15) is 0 Å². The van der Waals surface area contributed by atoms with Crippen molar-refractivity contribution >= 4 is 0 Å². The first kappa shape index (κ1) is 10.4. The molecule has 0 radical (unpaired) electrons. The van der Waals surface area contributed by atoms with E-state index in [1.165, 1.54) is 19.6 Å². The number of hydrogen-bond donors (Lipinski definition) is 1. The summed E-state index contributed by atoms with van der Waals surface area (Å²) in [5.41, 5.74) is 0.0365. The van der Waals surface area contributed by atoms with Crippen LogP contribution < -0.4 is 5.32 Å². The summed E-state index contributed by atoms with van der Waals surface area (Å²) in [4.78, 5) is 2.56. The lowest BCUT2D eigenvalue weighted by molar-refractivity contribution is -0.131. The highest BCUT2D eigenvalue weighted by atomic mass is 16.5. The summed E-state index contributed by atoms with van der Waals surface area (Å²) in [6.45, 7) is 12.4. The summed E-state index contributed by atoms with van der Waals surface area (Å²) in [6, 6.07) is 0. The van der Waals surface area contributed by atoms with Crippen molar-refractivity contribution in [1.82, 2.24) is 10.2 Å². The van der Waals surface area contributed by atoms with Gasteiger partial charge < -0.3 is 10.1 Å². The van der Waals surface area contributed by atoms with Gasteiger partial charge in [-0.3, -0.25) is 4.90 Å². The van der Waals surface area contributed by atoms with Crippen molar-refractivity contribution in [1.29, 1.82) is 0 Å². The Morgan fingerprint density at radius 2 is 2.14 bits per heavy atom. The lowest BCUT2D eigenvalue weighted by Crippen LogP contribution is -2.56. The Morgan fingerprint density at radius 1 is 1.43 bits per heavy atom. The van der Waals surface area contributed by atoms with Gasteiger partial charge in [0.05, 0.1) is 11.7 Å². The molecule has 2 rings (SSSR count). The molecule has 2 fully saturated rings. The molecule has 1 unspecified atom stereocenters. The first-order chi connectivity index (χ1) is 6.55. The minimum absolute atomic E-state index is 0.0365. The molecule has 3 heteroatoms. The molecule has 0 bridgehead atoms. The van der Waals surface area contributed by atoms with Crippen LogP contribution in [0.4, 0.5) is 0 Å². The average Bonchev–Trinajstić information content (AvgIpc) is 1.92. The van der Waals surface area contributed by atoms with Crippen LogP contribution in [0.1, 0.15) is 20.8 Å². The second kappa shape index (κ2) is 3.80. The largest absolute Gasteiger partial charge is 0.370 e. The van der Waals surface area contributed by atoms with E-state index in [1.807, 2.05) is 0 Å². The molecule has 0 spiro atoms. The van der Waals surface area contributed by atoms with Crippen molar-refractivity contribution in [2.75, 3.05) is 32.7 Å². The van der Waals surface area contributed by atoms with E-state index < -0.39 is 0 Å². The van der Waals surface area contributed by atoms with Crippen molar-refractivity contribution in [2.45, 2.75) is 32.5 Å². The van der Waals surface area contributed by atoms with Crippen molar-refractivity contribution < 1.29 is 4.74 Å². The van der Waals surface area contributed by atoms with Crippen LogP contribution >= 0.6 is 0 Å². The number of ether oxygens (including phenoxy) is 1. The molecule has 1 atom stereocenters. The number of rotatable bonds is 2. The van der Waals surface area contributed by atoms with Crippen LogP contribution in [0, 0.1) is 5.92 Å². The lowest BCUT2D eigenvalue weighted by atomic mass is 9.99. The summed E-state index contributed by atoms with van der Waals surface area (Å²) in [6.07, 6.45) is 0.381. The maximum absolute atomic E-state index is 5.88. The highest BCUT2D eigenvalue weighted by Crippen LogP contribution is 2.21. The molecule has 0 aromatic heterocycles. The van der Waals surface area contributed by atoms with Gasteiger partial charge >= 0.3 is 0 Å². The molecular formula is C11H22N2O. The topological polar surface area (TPSA) is 24.5 Å². The fourth-order valence-electron chi connectivity index (χ4n) is 2.57. The molecule has 2 heterocycles. The van der Waals surface area contributed by atoms with Crippen molar-refractivity contribution in [3.05, 3.63) is 0 Å². The monoisotopic (exact) mass is 198 g/mol. The molecule has 1 N–H and O–H groups in total. The highest BCUT2D eigenvalue weighted by molar-refractivity contribution is 4.86. The number of hydrogen-bond acceptors (Lipinski definition) is 3. The molecule has 3 nitrogen and oxygen atoms in total. The minimum atomic E-state index is 0.0365. The van der Waals surface area contributed by atoms with E-state index in [9.17, 15) is 0 Å². The van der Waals surface area contributed by atoms with Gasteiger partial charge in [-0.1, -0.05) is 0 Å². The van der Waals surface area contributed by atoms with Crippen LogP contribution in [0.5, 0.6) is 0 Å². The fourth-order valence-corrected chi connectivity index (χ4v) is 2.57. The number of nitrogens with zero attached hydrogens (tertiary/aromatic N) is 1. The number of morpholine rings is 1. The summed E-state index contributed by atoms with van der Waals surface area (Å²) in [7, 11) is 0. The van der Waals surface area contributed by atoms with E-state index in [4.69, 9.17) is 4.74 Å². The molecule has 0 amide bonds. The summed E-state index contributed by atoms with van der Waals surface area (Å²) in [5, 5.41) is 3.32. The van der Waals surface area contributed by atoms with Gasteiger partial charge in [-0.15, -0.1) is 0 Å². The molecule has 0 aliphatic carbocycles. The molecule has 0 saturated carbocycles. The van der Waals surface area contributed by atoms with Crippen LogP contribution in [-0.4, -0.2) is 49.3 Å². The van der Waals surface area contributed by atoms with Gasteiger partial charge in [0.2, 0.25) is 0 Å². The SMILES string of the molecule is CC1CN(CC2CNC2)CC(C)(C)O1. The van der Waals surface area contributed by atoms with Gasteiger partial charge in [0, 0.05) is 32.7 Å². The van der Waals surface area contributed by atoms with E-state index in [0.717, 1.165) is 19.0 Å². The zero-order valence-corrected chi connectivity index (χ0v) is 9.55. The second-order valence-electron chi connectivity index (χ2n) is 5.41. The summed E-state index contributed by atoms with van der Waals surface area (Å²) < 4.78 is 5.88. The Labute approximate surface area is 86.8 Å². The van der Waals surface area contributed by atoms with E-state index >= 15 is 0 Å². The first-order valence-electron chi connectivity index (χ1n) is 5.66. The zero-order valence-electron chi connectivity index (χ0n) is 9.55. The van der Waals surface area contributed by atoms with Crippen LogP contribution in [-0.2, 0) is 4.74 Å². The molecule has 2 aliphatic heterocycles. The van der Waals surface area contributed by atoms with Crippen molar-refractivity contribution in [3.63, 3.8) is 0 Å². The molecule has 2 saturated heterocycles. The quantitative estimate of drug-likeness (QED) is 0.707.